The summed E-state index contributed by atoms with van der Waals surface area (Å²) >= 11 is 3.55. The highest BCUT2D eigenvalue weighted by Crippen LogP contribution is 2.28. The van der Waals surface area contributed by atoms with Crippen LogP contribution in [-0.2, 0) is 6.54 Å². The molecule has 0 saturated heterocycles. The number of nitrogens with two attached hydrogens (primary N) is 1. The zero-order valence-corrected chi connectivity index (χ0v) is 12.7. The molecule has 1 aromatic carbocycles. The maximum Gasteiger partial charge on any atom is 0.0897 e. The summed E-state index contributed by atoms with van der Waals surface area (Å²) < 4.78 is 2.96. The highest BCUT2D eigenvalue weighted by molar-refractivity contribution is 9.10. The van der Waals surface area contributed by atoms with Gasteiger partial charge in [-0.2, -0.15) is 0 Å². The molecule has 0 saturated carbocycles. The van der Waals surface area contributed by atoms with Gasteiger partial charge < -0.3 is 0 Å². The highest BCUT2D eigenvalue weighted by atomic mass is 79.9. The summed E-state index contributed by atoms with van der Waals surface area (Å²) in [7, 11) is 0. The molecule has 0 fully saturated rings. The van der Waals surface area contributed by atoms with Crippen LogP contribution in [0.2, 0.25) is 0 Å². The van der Waals surface area contributed by atoms with Gasteiger partial charge in [0.25, 0.3) is 0 Å². The molecule has 0 radical (unpaired) electrons. The number of aromatic nitrogens is 3. The van der Waals surface area contributed by atoms with Gasteiger partial charge in [-0.15, -0.1) is 5.10 Å². The monoisotopic (exact) mass is 323 g/mol. The Morgan fingerprint density at radius 3 is 2.95 bits per heavy atom. The zero-order valence-electron chi connectivity index (χ0n) is 11.1. The molecule has 0 bridgehead atoms. The smallest absolute Gasteiger partial charge is 0.0897 e. The van der Waals surface area contributed by atoms with Crippen LogP contribution in [0.4, 0.5) is 0 Å². The lowest BCUT2D eigenvalue weighted by Gasteiger charge is -2.19. The van der Waals surface area contributed by atoms with Gasteiger partial charge in [-0.05, 0) is 30.5 Å². The molecule has 2 rings (SSSR count). The molecule has 2 aromatic rings. The van der Waals surface area contributed by atoms with Crippen LogP contribution in [-0.4, -0.2) is 15.0 Å². The third-order valence-electron chi connectivity index (χ3n) is 3.17. The molecule has 102 valence electrons. The Hall–Kier alpha value is -1.24. The number of hydrazine groups is 1. The number of benzene rings is 1. The molecule has 0 aliphatic carbocycles. The number of hydrogen-bond acceptors (Lipinski definition) is 4. The summed E-state index contributed by atoms with van der Waals surface area (Å²) in [5.41, 5.74) is 6.13. The van der Waals surface area contributed by atoms with Crippen LogP contribution in [0.15, 0.2) is 28.9 Å². The molecule has 1 atom stereocenters. The maximum absolute atomic E-state index is 5.75. The molecule has 1 aromatic heterocycles. The quantitative estimate of drug-likeness (QED) is 0.654. The Balaban J connectivity index is 2.44. The van der Waals surface area contributed by atoms with Gasteiger partial charge in [0.2, 0.25) is 0 Å². The van der Waals surface area contributed by atoms with Gasteiger partial charge in [-0.3, -0.25) is 5.84 Å². The van der Waals surface area contributed by atoms with Gasteiger partial charge in [0, 0.05) is 11.0 Å². The number of halogens is 1. The lowest BCUT2D eigenvalue weighted by Crippen LogP contribution is -2.31. The van der Waals surface area contributed by atoms with Gasteiger partial charge in [-0.25, -0.2) is 10.1 Å². The Bertz CT molecular complexity index is 552. The summed E-state index contributed by atoms with van der Waals surface area (Å²) in [6.07, 6.45) is 2.77. The van der Waals surface area contributed by atoms with E-state index in [1.54, 1.807) is 6.20 Å². The Morgan fingerprint density at radius 1 is 1.47 bits per heavy atom. The standard InChI is InChI=1S/C13H18BrN5/c1-3-7-19-12(8-16-18-19)13(17-15)10-5-4-6-11(14)9(10)2/h4-6,8,13,17H,3,7,15H2,1-2H3. The van der Waals surface area contributed by atoms with E-state index in [4.69, 9.17) is 5.84 Å². The first-order chi connectivity index (χ1) is 9.19. The SMILES string of the molecule is CCCn1nncc1C(NN)c1cccc(Br)c1C. The lowest BCUT2D eigenvalue weighted by atomic mass is 9.99. The molecule has 1 unspecified atom stereocenters. The second kappa shape index (κ2) is 6.27. The molecule has 0 amide bonds. The number of hydrogen-bond donors (Lipinski definition) is 2. The van der Waals surface area contributed by atoms with Crippen LogP contribution in [0.25, 0.3) is 0 Å². The zero-order chi connectivity index (χ0) is 13.8. The molecule has 6 heteroatoms. The summed E-state index contributed by atoms with van der Waals surface area (Å²) in [5.74, 6) is 5.75. The number of nitrogens with zero attached hydrogens (tertiary/aromatic N) is 3. The van der Waals surface area contributed by atoms with E-state index in [0.29, 0.717) is 0 Å². The fourth-order valence-corrected chi connectivity index (χ4v) is 2.53. The largest absolute Gasteiger partial charge is 0.271 e. The van der Waals surface area contributed by atoms with Crippen LogP contribution in [0.3, 0.4) is 0 Å². The minimum atomic E-state index is -0.112. The van der Waals surface area contributed by atoms with Crippen molar-refractivity contribution < 1.29 is 0 Å². The van der Waals surface area contributed by atoms with Crippen LogP contribution < -0.4 is 11.3 Å². The minimum absolute atomic E-state index is 0.112. The molecule has 19 heavy (non-hydrogen) atoms. The van der Waals surface area contributed by atoms with Crippen molar-refractivity contribution in [2.75, 3.05) is 0 Å². The lowest BCUT2D eigenvalue weighted by molar-refractivity contribution is 0.511. The van der Waals surface area contributed by atoms with E-state index in [2.05, 4.69) is 51.6 Å². The van der Waals surface area contributed by atoms with Crippen molar-refractivity contribution in [3.05, 3.63) is 45.7 Å². The third kappa shape index (κ3) is 2.86. The molecule has 3 N–H and O–H groups in total. The summed E-state index contributed by atoms with van der Waals surface area (Å²) in [6, 6.07) is 5.98. The molecule has 1 heterocycles. The van der Waals surface area contributed by atoms with Gasteiger partial charge >= 0.3 is 0 Å². The van der Waals surface area contributed by atoms with Crippen molar-refractivity contribution >= 4 is 15.9 Å². The number of rotatable bonds is 5. The normalized spacial score (nSPS) is 12.6. The third-order valence-corrected chi connectivity index (χ3v) is 4.03. The predicted octanol–water partition coefficient (Wildman–Crippen LogP) is 2.31. The fourth-order valence-electron chi connectivity index (χ4n) is 2.15. The first kappa shape index (κ1) is 14.2. The maximum atomic E-state index is 5.75. The topological polar surface area (TPSA) is 68.8 Å². The van der Waals surface area contributed by atoms with Crippen LogP contribution in [0, 0.1) is 6.92 Å². The average Bonchev–Trinajstić information content (AvgIpc) is 2.84. The van der Waals surface area contributed by atoms with Crippen LogP contribution in [0.5, 0.6) is 0 Å². The molecule has 5 nitrogen and oxygen atoms in total. The van der Waals surface area contributed by atoms with Gasteiger partial charge in [0.1, 0.15) is 0 Å². The van der Waals surface area contributed by atoms with Crippen molar-refractivity contribution in [1.82, 2.24) is 20.4 Å². The fraction of sp³-hybridized carbons (Fsp3) is 0.385. The van der Waals surface area contributed by atoms with E-state index in [0.717, 1.165) is 34.3 Å². The Morgan fingerprint density at radius 2 is 2.26 bits per heavy atom. The Kier molecular flexibility index (Phi) is 4.68. The molecule has 0 aliphatic heterocycles. The van der Waals surface area contributed by atoms with Crippen molar-refractivity contribution in [3.63, 3.8) is 0 Å². The van der Waals surface area contributed by atoms with Gasteiger partial charge in [0.05, 0.1) is 17.9 Å². The molecule has 0 aliphatic rings. The van der Waals surface area contributed by atoms with E-state index in [9.17, 15) is 0 Å². The van der Waals surface area contributed by atoms with Crippen molar-refractivity contribution in [2.24, 2.45) is 5.84 Å². The van der Waals surface area contributed by atoms with Crippen molar-refractivity contribution in [2.45, 2.75) is 32.9 Å². The number of aryl methyl sites for hydroxylation is 1. The van der Waals surface area contributed by atoms with E-state index in [-0.39, 0.29) is 6.04 Å². The molecule has 0 spiro atoms. The summed E-state index contributed by atoms with van der Waals surface area (Å²) in [6.45, 7) is 5.01. The Labute approximate surface area is 121 Å². The second-order valence-corrected chi connectivity index (χ2v) is 5.29. The average molecular weight is 324 g/mol. The summed E-state index contributed by atoms with van der Waals surface area (Å²) in [5, 5.41) is 8.10. The van der Waals surface area contributed by atoms with Crippen molar-refractivity contribution in [1.29, 1.82) is 0 Å². The molecular formula is C13H18BrN5. The minimum Gasteiger partial charge on any atom is -0.271 e. The first-order valence-corrected chi connectivity index (χ1v) is 7.07. The second-order valence-electron chi connectivity index (χ2n) is 4.44. The van der Waals surface area contributed by atoms with Crippen molar-refractivity contribution in [3.8, 4) is 0 Å². The van der Waals surface area contributed by atoms with Crippen LogP contribution in [0.1, 0.15) is 36.2 Å². The predicted molar refractivity (Wildman–Crippen MR) is 78.4 cm³/mol. The van der Waals surface area contributed by atoms with E-state index >= 15 is 0 Å². The highest BCUT2D eigenvalue weighted by Gasteiger charge is 2.20. The first-order valence-electron chi connectivity index (χ1n) is 6.28. The van der Waals surface area contributed by atoms with E-state index < -0.39 is 0 Å². The van der Waals surface area contributed by atoms with Gasteiger partial charge in [-0.1, -0.05) is 40.2 Å². The van der Waals surface area contributed by atoms with E-state index in [1.807, 2.05) is 16.8 Å². The summed E-state index contributed by atoms with van der Waals surface area (Å²) in [4.78, 5) is 0. The molecular weight excluding hydrogens is 306 g/mol. The number of nitrogens with one attached hydrogen (secondary N) is 1. The van der Waals surface area contributed by atoms with Crippen LogP contribution >= 0.6 is 15.9 Å². The van der Waals surface area contributed by atoms with E-state index in [1.165, 1.54) is 0 Å². The van der Waals surface area contributed by atoms with Gasteiger partial charge in [0.15, 0.2) is 0 Å².